The minimum atomic E-state index is 0.350. The van der Waals surface area contributed by atoms with Crippen molar-refractivity contribution in [2.24, 2.45) is 0 Å². The Kier molecular flexibility index (Phi) is 0.829. The molecule has 2 aliphatic rings. The molecular weight excluding hydrogens is 140 g/mol. The van der Waals surface area contributed by atoms with Gasteiger partial charge in [0.2, 0.25) is 0 Å². The van der Waals surface area contributed by atoms with Crippen molar-refractivity contribution in [3.05, 3.63) is 23.5 Å². The largest absolute Gasteiger partial charge is 0.379 e. The molecule has 1 aromatic heterocycles. The van der Waals surface area contributed by atoms with Crippen molar-refractivity contribution < 1.29 is 4.74 Å². The zero-order valence-corrected chi connectivity index (χ0v) is 6.29. The number of H-pyrrole nitrogens is 2. The maximum atomic E-state index is 5.39. The average Bonchev–Trinajstić information content (AvgIpc) is 2.37. The van der Waals surface area contributed by atoms with Crippen LogP contribution in [0.3, 0.4) is 0 Å². The van der Waals surface area contributed by atoms with Gasteiger partial charge in [0.15, 0.2) is 0 Å². The van der Waals surface area contributed by atoms with Gasteiger partial charge in [-0.3, -0.25) is 0 Å². The van der Waals surface area contributed by atoms with Crippen LogP contribution >= 0.6 is 0 Å². The van der Waals surface area contributed by atoms with E-state index in [2.05, 4.69) is 22.3 Å². The molecule has 0 aromatic carbocycles. The third kappa shape index (κ3) is 0.465. The summed E-state index contributed by atoms with van der Waals surface area (Å²) in [5, 5.41) is 6.20. The van der Waals surface area contributed by atoms with E-state index in [-0.39, 0.29) is 0 Å². The lowest BCUT2D eigenvalue weighted by Gasteiger charge is -2.12. The van der Waals surface area contributed by atoms with Crippen LogP contribution in [0.5, 0.6) is 0 Å². The van der Waals surface area contributed by atoms with Gasteiger partial charge in [-0.1, -0.05) is 12.2 Å². The van der Waals surface area contributed by atoms with Crippen LogP contribution in [0.15, 0.2) is 12.2 Å². The summed E-state index contributed by atoms with van der Waals surface area (Å²) >= 11 is 0. The van der Waals surface area contributed by atoms with Crippen LogP contribution in [-0.4, -0.2) is 23.4 Å². The van der Waals surface area contributed by atoms with Crippen molar-refractivity contribution in [1.82, 2.24) is 10.2 Å². The Balaban J connectivity index is 2.09. The maximum absolute atomic E-state index is 5.39. The summed E-state index contributed by atoms with van der Waals surface area (Å²) < 4.78 is 5.39. The second kappa shape index (κ2) is 1.61. The highest BCUT2D eigenvalue weighted by molar-refractivity contribution is 5.44. The Hall–Kier alpha value is -0.960. The molecule has 0 saturated heterocycles. The fraction of sp³-hybridized carbons (Fsp3) is 0.500. The van der Waals surface area contributed by atoms with E-state index in [9.17, 15) is 0 Å². The molecule has 3 rings (SSSR count). The predicted octanol–water partition coefficient (Wildman–Crippen LogP) is 1.11. The van der Waals surface area contributed by atoms with Crippen LogP contribution in [-0.2, 0) is 4.74 Å². The Morgan fingerprint density at radius 2 is 1.73 bits per heavy atom. The molecule has 0 amide bonds. The summed E-state index contributed by atoms with van der Waals surface area (Å²) in [5.41, 5.74) is 2.67. The highest BCUT2D eigenvalue weighted by atomic mass is 16.5. The lowest BCUT2D eigenvalue weighted by Crippen LogP contribution is -2.13. The summed E-state index contributed by atoms with van der Waals surface area (Å²) in [7, 11) is 1.78. The monoisotopic (exact) mass is 150 g/mol. The van der Waals surface area contributed by atoms with Gasteiger partial charge in [0.05, 0.1) is 17.5 Å². The van der Waals surface area contributed by atoms with Gasteiger partial charge in [0, 0.05) is 18.9 Å². The highest BCUT2D eigenvalue weighted by Crippen LogP contribution is 2.48. The summed E-state index contributed by atoms with van der Waals surface area (Å²) in [6, 6.07) is 0. The SMILES string of the molecule is COC1C2C=CC1c1[nH][nH]c12. The van der Waals surface area contributed by atoms with E-state index in [1.807, 2.05) is 0 Å². The quantitative estimate of drug-likeness (QED) is 0.578. The molecule has 11 heavy (non-hydrogen) atoms. The number of aromatic nitrogens is 2. The number of rotatable bonds is 1. The van der Waals surface area contributed by atoms with Crippen LogP contribution in [0.1, 0.15) is 23.2 Å². The number of ether oxygens (including phenoxy) is 1. The lowest BCUT2D eigenvalue weighted by molar-refractivity contribution is 0.0966. The van der Waals surface area contributed by atoms with Crippen LogP contribution in [0.25, 0.3) is 0 Å². The summed E-state index contributed by atoms with van der Waals surface area (Å²) in [6.45, 7) is 0. The lowest BCUT2D eigenvalue weighted by atomic mass is 10.1. The molecule has 3 heteroatoms. The summed E-state index contributed by atoms with van der Waals surface area (Å²) in [6.07, 6.45) is 4.80. The van der Waals surface area contributed by atoms with Crippen molar-refractivity contribution in [2.45, 2.75) is 17.9 Å². The van der Waals surface area contributed by atoms with Crippen molar-refractivity contribution in [3.63, 3.8) is 0 Å². The molecule has 2 N–H and O–H groups in total. The molecule has 0 radical (unpaired) electrons. The molecule has 58 valence electrons. The predicted molar refractivity (Wildman–Crippen MR) is 40.6 cm³/mol. The van der Waals surface area contributed by atoms with Crippen molar-refractivity contribution in [3.8, 4) is 0 Å². The first kappa shape index (κ1) is 5.66. The van der Waals surface area contributed by atoms with Crippen molar-refractivity contribution in [2.75, 3.05) is 7.11 Å². The van der Waals surface area contributed by atoms with E-state index in [0.717, 1.165) is 0 Å². The van der Waals surface area contributed by atoms with Gasteiger partial charge in [-0.15, -0.1) is 0 Å². The second-order valence-electron chi connectivity index (χ2n) is 3.21. The van der Waals surface area contributed by atoms with Gasteiger partial charge in [-0.2, -0.15) is 0 Å². The van der Waals surface area contributed by atoms with Gasteiger partial charge in [0.1, 0.15) is 0 Å². The third-order valence-corrected chi connectivity index (χ3v) is 2.79. The smallest absolute Gasteiger partial charge is 0.0808 e. The van der Waals surface area contributed by atoms with Gasteiger partial charge >= 0.3 is 0 Å². The molecule has 1 heterocycles. The number of nitrogens with one attached hydrogen (secondary N) is 2. The molecule has 0 spiro atoms. The zero-order valence-electron chi connectivity index (χ0n) is 6.29. The summed E-state index contributed by atoms with van der Waals surface area (Å²) in [5.74, 6) is 0.975. The standard InChI is InChI=1S/C8H10N2O/c1-11-8-4-2-3-5(8)7-6(4)9-10-7/h2-5,8-10H,1H3. The molecule has 2 bridgehead atoms. The Bertz CT molecular complexity index is 282. The maximum Gasteiger partial charge on any atom is 0.0808 e. The Labute approximate surface area is 64.4 Å². The molecule has 3 nitrogen and oxygen atoms in total. The molecule has 2 unspecified atom stereocenters. The number of methoxy groups -OCH3 is 1. The first-order valence-corrected chi connectivity index (χ1v) is 3.89. The number of aromatic amines is 2. The topological polar surface area (TPSA) is 40.8 Å². The highest BCUT2D eigenvalue weighted by Gasteiger charge is 2.45. The molecule has 0 fully saturated rings. The van der Waals surface area contributed by atoms with Crippen molar-refractivity contribution in [1.29, 1.82) is 0 Å². The van der Waals surface area contributed by atoms with Crippen LogP contribution < -0.4 is 0 Å². The number of hydrogen-bond acceptors (Lipinski definition) is 1. The first-order valence-electron chi connectivity index (χ1n) is 3.89. The average molecular weight is 150 g/mol. The minimum Gasteiger partial charge on any atom is -0.379 e. The van der Waals surface area contributed by atoms with Gasteiger partial charge in [-0.05, 0) is 0 Å². The number of hydrogen-bond donors (Lipinski definition) is 2. The van der Waals surface area contributed by atoms with E-state index < -0.39 is 0 Å². The van der Waals surface area contributed by atoms with Crippen LogP contribution in [0, 0.1) is 0 Å². The molecule has 0 saturated carbocycles. The second-order valence-corrected chi connectivity index (χ2v) is 3.21. The molecule has 0 aliphatic heterocycles. The Morgan fingerprint density at radius 1 is 1.18 bits per heavy atom. The van der Waals surface area contributed by atoms with E-state index >= 15 is 0 Å². The molecular formula is C8H10N2O. The fourth-order valence-electron chi connectivity index (χ4n) is 2.23. The molecule has 1 aromatic rings. The zero-order chi connectivity index (χ0) is 7.42. The minimum absolute atomic E-state index is 0.350. The van der Waals surface area contributed by atoms with Gasteiger partial charge in [0.25, 0.3) is 0 Å². The Morgan fingerprint density at radius 3 is 2.09 bits per heavy atom. The normalized spacial score (nSPS) is 38.5. The van der Waals surface area contributed by atoms with E-state index in [1.165, 1.54) is 11.4 Å². The summed E-state index contributed by atoms with van der Waals surface area (Å²) in [4.78, 5) is 0. The van der Waals surface area contributed by atoms with Gasteiger partial charge < -0.3 is 14.9 Å². The first-order chi connectivity index (χ1) is 5.42. The van der Waals surface area contributed by atoms with E-state index in [1.54, 1.807) is 7.11 Å². The van der Waals surface area contributed by atoms with Crippen LogP contribution in [0.4, 0.5) is 0 Å². The van der Waals surface area contributed by atoms with Crippen LogP contribution in [0.2, 0.25) is 0 Å². The molecule has 2 aliphatic carbocycles. The molecule has 2 atom stereocenters. The fourth-order valence-corrected chi connectivity index (χ4v) is 2.23. The van der Waals surface area contributed by atoms with E-state index in [0.29, 0.717) is 17.9 Å². The van der Waals surface area contributed by atoms with E-state index in [4.69, 9.17) is 4.74 Å². The third-order valence-electron chi connectivity index (χ3n) is 2.79. The number of fused-ring (bicyclic) bond motifs is 5. The van der Waals surface area contributed by atoms with Gasteiger partial charge in [-0.25, -0.2) is 0 Å². The van der Waals surface area contributed by atoms with Crippen molar-refractivity contribution >= 4 is 0 Å².